The molecule has 0 aromatic heterocycles. The van der Waals surface area contributed by atoms with Gasteiger partial charge in [0.2, 0.25) is 5.91 Å². The smallest absolute Gasteiger partial charge is 0.408 e. The van der Waals surface area contributed by atoms with Crippen LogP contribution in [0.1, 0.15) is 233 Å². The summed E-state index contributed by atoms with van der Waals surface area (Å²) in [6.45, 7) is 16.1. The van der Waals surface area contributed by atoms with E-state index in [1.165, 1.54) is 0 Å². The molecule has 14 N–H and O–H groups in total. The van der Waals surface area contributed by atoms with Gasteiger partial charge in [0, 0.05) is 19.4 Å². The van der Waals surface area contributed by atoms with Gasteiger partial charge in [0.1, 0.15) is 54.8 Å². The first kappa shape index (κ1) is 128. The number of nitrogens with one attached hydrogen (secondary N) is 3. The highest BCUT2D eigenvalue weighted by atomic mass is 32.2. The molecule has 768 valence electrons. The molecule has 2 aromatic carbocycles. The Balaban J connectivity index is -0.000000765. The molecule has 53 nitrogen and oxygen atoms in total. The van der Waals surface area contributed by atoms with E-state index in [0.717, 1.165) is 61.8 Å². The van der Waals surface area contributed by atoms with Gasteiger partial charge in [-0.2, -0.15) is 11.8 Å². The first-order chi connectivity index (χ1) is 63.0. The number of esters is 5. The topological polar surface area (TPSA) is 771 Å². The number of thioether (sulfide) groups is 1. The Labute approximate surface area is 780 Å². The number of aliphatic hydroxyl groups excluding tert-OH is 1. The van der Waals surface area contributed by atoms with Crippen molar-refractivity contribution in [2.24, 2.45) is 28.7 Å². The predicted octanol–water partition coefficient (Wildman–Crippen LogP) is 7.29. The molecular formula is C80H139N15O38S. The second-order valence-electron chi connectivity index (χ2n) is 31.6. The average molecular weight is 1950 g/mol. The third kappa shape index (κ3) is 87.9. The number of aliphatic hydroxyl groups is 1. The van der Waals surface area contributed by atoms with Crippen molar-refractivity contribution in [3.05, 3.63) is 142 Å². The zero-order valence-corrected chi connectivity index (χ0v) is 78.7. The predicted molar refractivity (Wildman–Crippen MR) is 476 cm³/mol. The zero-order valence-electron chi connectivity index (χ0n) is 77.9. The molecule has 2 aromatic rings. The SMILES string of the molecule is CC(C)(C)OC(=O)CCC(=O)OCc1ccc(CO[N+](=O)[O-])cc1.CC(C)(C)OC(=O)NC(CCc1ccccc1)C(=O)CCCCCO[N+](=O)[O-].CC(C)(C)OC(=O)NC(CO)C(=O)OCCCCC(CO[N+](=O)[O-])O[N+](=O)[O-].CSCCC(N)C(=O)OCCCCCCO[N+](=O)[O-].NCCCCC(N)C(=O)NCCCCO[N+](=O)[O-].NCCCCC(N)C(=O)OCCCO[N+](=O)[O-]. The summed E-state index contributed by atoms with van der Waals surface area (Å²) in [6, 6.07) is 12.7. The number of alkyl carbamates (subject to hydrolysis) is 2. The lowest BCUT2D eigenvalue weighted by molar-refractivity contribution is -0.790. The van der Waals surface area contributed by atoms with E-state index in [1.807, 2.05) is 36.6 Å². The highest BCUT2D eigenvalue weighted by Crippen LogP contribution is 2.17. The molecule has 54 heteroatoms. The highest BCUT2D eigenvalue weighted by Gasteiger charge is 2.28. The van der Waals surface area contributed by atoms with Gasteiger partial charge in [-0.05, 0) is 213 Å². The molecule has 134 heavy (non-hydrogen) atoms. The van der Waals surface area contributed by atoms with E-state index in [0.29, 0.717) is 102 Å². The standard InChI is InChI=1S/C20H30N2O6.C16H21NO7.C14H25N3O11.C11H22N2O5S.C10H22N4O4.C9H19N3O5/c1-20(2,3)28-19(24)21-17(14-13-16-10-6-4-7-11-16)18(23)12-8-5-9-15-27-22(25)26;1-16(2,3)24-15(19)9-8-14(18)22-10-12-4-6-13(7-5-12)11-23-17(20)21;1-14(2,3)27-13(20)15-11(8-18)12(19)25-7-5-4-6-10(28-17(23)24)9-26-16(21)22;1-19-9-6-10(12)11(14)17-7-4-2-3-5-8-18-13(15)16;11-6-2-1-5-9(12)10(15)13-7-3-4-8-18-14(16)17;10-5-2-1-4-8(11)9(13)16-6-3-7-17-12(14)15/h4,6-7,10-11,17H,5,8-9,12-15H2,1-3H3,(H,21,24);4-7H,8-11H2,1-3H3;10-11,18H,4-9H2,1-3H3,(H,15,20);10H,2-9,12H2,1H3;9H,1-8,11-12H2,(H,13,15);8H,1-7,10-11H2. The lowest BCUT2D eigenvalue weighted by Gasteiger charge is -2.23. The summed E-state index contributed by atoms with van der Waals surface area (Å²) >= 11 is 1.64. The van der Waals surface area contributed by atoms with E-state index in [4.69, 9.17) is 61.8 Å². The number of nitrogens with two attached hydrogens (primary N) is 5. The number of nitrogens with zero attached hydrogens (tertiary/aromatic N) is 7. The third-order valence-electron chi connectivity index (χ3n) is 16.3. The Hall–Kier alpha value is -12.0. The van der Waals surface area contributed by atoms with Crippen LogP contribution in [-0.4, -0.2) is 239 Å². The molecule has 6 atom stereocenters. The summed E-state index contributed by atoms with van der Waals surface area (Å²) in [4.78, 5) is 205. The quantitative estimate of drug-likeness (QED) is 0.0103. The van der Waals surface area contributed by atoms with Crippen LogP contribution >= 0.6 is 11.8 Å². The summed E-state index contributed by atoms with van der Waals surface area (Å²) < 4.78 is 35.1. The number of hydrogen-bond acceptors (Lipinski definition) is 44. The van der Waals surface area contributed by atoms with E-state index in [9.17, 15) is 119 Å². The number of carbonyl (C=O) groups is 9. The van der Waals surface area contributed by atoms with Gasteiger partial charge in [-0.15, -0.1) is 70.8 Å². The lowest BCUT2D eigenvalue weighted by Crippen LogP contribution is -2.46. The molecule has 0 saturated heterocycles. The first-order valence-electron chi connectivity index (χ1n) is 43.0. The van der Waals surface area contributed by atoms with E-state index < -0.39 is 138 Å². The van der Waals surface area contributed by atoms with Gasteiger partial charge in [-0.3, -0.25) is 28.8 Å². The fourth-order valence-electron chi connectivity index (χ4n) is 9.90. The van der Waals surface area contributed by atoms with Gasteiger partial charge in [-0.1, -0.05) is 80.3 Å². The van der Waals surface area contributed by atoms with Crippen molar-refractivity contribution in [3.63, 3.8) is 0 Å². The number of carbonyl (C=O) groups excluding carboxylic acids is 9. The number of benzene rings is 2. The third-order valence-corrected chi connectivity index (χ3v) is 17.0. The summed E-state index contributed by atoms with van der Waals surface area (Å²) in [6.07, 6.45) is 12.4. The Kier molecular flexibility index (Phi) is 76.1. The Morgan fingerprint density at radius 3 is 1.28 bits per heavy atom. The first-order valence-corrected chi connectivity index (χ1v) is 44.4. The fourth-order valence-corrected chi connectivity index (χ4v) is 10.4. The van der Waals surface area contributed by atoms with Gasteiger partial charge in [0.25, 0.3) is 35.6 Å². The number of aryl methyl sites for hydroxylation is 1. The number of ketones is 1. The fraction of sp³-hybridized carbons (Fsp3) is 0.738. The highest BCUT2D eigenvalue weighted by molar-refractivity contribution is 7.98. The number of unbranched alkanes of at least 4 members (excludes halogenated alkanes) is 9. The monoisotopic (exact) mass is 1950 g/mol. The molecule has 0 heterocycles. The van der Waals surface area contributed by atoms with E-state index >= 15 is 0 Å². The number of hydrogen-bond donors (Lipinski definition) is 9. The van der Waals surface area contributed by atoms with Gasteiger partial charge < -0.3 is 117 Å². The van der Waals surface area contributed by atoms with E-state index in [2.05, 4.69) is 49.8 Å². The number of amides is 3. The van der Waals surface area contributed by atoms with Gasteiger partial charge >= 0.3 is 42.0 Å². The van der Waals surface area contributed by atoms with E-state index in [1.54, 1.807) is 98.3 Å². The average Bonchev–Trinajstić information content (AvgIpc) is 0.893. The molecule has 0 fully saturated rings. The maximum absolute atomic E-state index is 12.6. The molecule has 2 rings (SSSR count). The van der Waals surface area contributed by atoms with Gasteiger partial charge in [0.05, 0.1) is 77.8 Å². The molecule has 0 radical (unpaired) electrons. The minimum Gasteiger partial charge on any atom is -0.465 e. The van der Waals surface area contributed by atoms with Crippen molar-refractivity contribution in [1.82, 2.24) is 16.0 Å². The molecule has 0 saturated carbocycles. The van der Waals surface area contributed by atoms with Crippen LogP contribution in [0.2, 0.25) is 0 Å². The summed E-state index contributed by atoms with van der Waals surface area (Å²) in [5, 5.41) is 80.5. The van der Waals surface area contributed by atoms with Crippen molar-refractivity contribution in [2.75, 3.05) is 91.1 Å². The second-order valence-corrected chi connectivity index (χ2v) is 32.6. The minimum atomic E-state index is -1.31. The summed E-state index contributed by atoms with van der Waals surface area (Å²) in [7, 11) is 0. The van der Waals surface area contributed by atoms with Crippen molar-refractivity contribution < 1.29 is 151 Å². The van der Waals surface area contributed by atoms with Crippen LogP contribution in [-0.2, 0) is 120 Å². The number of Topliss-reactive ketones (excluding diaryl/α,β-unsaturated/α-hetero) is 1. The molecule has 6 unspecified atom stereocenters. The normalized spacial score (nSPS) is 12.0. The molecule has 0 aliphatic heterocycles. The summed E-state index contributed by atoms with van der Waals surface area (Å²) in [5.41, 5.74) is 28.0. The Bertz CT molecular complexity index is 3650. The number of ether oxygens (including phenoxy) is 7. The molecular weight excluding hydrogens is 1810 g/mol. The Morgan fingerprint density at radius 1 is 0.403 bits per heavy atom. The van der Waals surface area contributed by atoms with Crippen LogP contribution in [0.5, 0.6) is 0 Å². The lowest BCUT2D eigenvalue weighted by atomic mass is 9.99. The van der Waals surface area contributed by atoms with Crippen molar-refractivity contribution in [2.45, 2.75) is 289 Å². The van der Waals surface area contributed by atoms with Crippen molar-refractivity contribution in [3.8, 4) is 0 Å². The Morgan fingerprint density at radius 2 is 0.813 bits per heavy atom. The number of rotatable bonds is 66. The van der Waals surface area contributed by atoms with Crippen molar-refractivity contribution in [1.29, 1.82) is 0 Å². The van der Waals surface area contributed by atoms with Crippen LogP contribution in [0.25, 0.3) is 0 Å². The van der Waals surface area contributed by atoms with Crippen molar-refractivity contribution >= 4 is 65.5 Å². The maximum atomic E-state index is 12.6. The molecule has 0 aliphatic carbocycles. The molecule has 0 aliphatic rings. The van der Waals surface area contributed by atoms with Crippen LogP contribution in [0.4, 0.5) is 9.59 Å². The second kappa shape index (κ2) is 79.5. The maximum Gasteiger partial charge on any atom is 0.408 e. The van der Waals surface area contributed by atoms with Crippen LogP contribution in [0.15, 0.2) is 54.6 Å². The molecule has 0 bridgehead atoms. The summed E-state index contributed by atoms with van der Waals surface area (Å²) in [5.74, 6) is -2.11. The van der Waals surface area contributed by atoms with Crippen LogP contribution in [0, 0.1) is 70.8 Å². The van der Waals surface area contributed by atoms with E-state index in [-0.39, 0.29) is 115 Å². The van der Waals surface area contributed by atoms with Crippen LogP contribution < -0.4 is 44.6 Å². The van der Waals surface area contributed by atoms with Crippen LogP contribution in [0.3, 0.4) is 0 Å². The van der Waals surface area contributed by atoms with Gasteiger partial charge in [-0.25, -0.2) is 14.4 Å². The zero-order chi connectivity index (χ0) is 102. The molecule has 3 amide bonds. The minimum absolute atomic E-state index is 0.0226. The van der Waals surface area contributed by atoms with Gasteiger partial charge in [0.15, 0.2) is 11.8 Å². The largest absolute Gasteiger partial charge is 0.465 e. The molecule has 0 spiro atoms.